The van der Waals surface area contributed by atoms with Crippen molar-refractivity contribution in [3.63, 3.8) is 0 Å². The van der Waals surface area contributed by atoms with Gasteiger partial charge in [0.2, 0.25) is 21.8 Å². The smallest absolute Gasteiger partial charge is 0.305 e. The molecule has 0 spiro atoms. The van der Waals surface area contributed by atoms with Crippen LogP contribution in [0.15, 0.2) is 41.4 Å². The lowest BCUT2D eigenvalue weighted by molar-refractivity contribution is -0.143. The predicted molar refractivity (Wildman–Crippen MR) is 179 cm³/mol. The number of aryl methyl sites for hydroxylation is 1. The molecule has 2 amide bonds. The molecule has 13 heteroatoms. The summed E-state index contributed by atoms with van der Waals surface area (Å²) in [7, 11) is -2.76. The van der Waals surface area contributed by atoms with E-state index in [9.17, 15) is 22.8 Å². The molecule has 0 radical (unpaired) electrons. The van der Waals surface area contributed by atoms with Gasteiger partial charge in [0, 0.05) is 37.5 Å². The number of methoxy groups -OCH3 is 1. The van der Waals surface area contributed by atoms with Crippen LogP contribution >= 0.6 is 0 Å². The van der Waals surface area contributed by atoms with Gasteiger partial charge in [-0.25, -0.2) is 13.4 Å². The molecule has 1 fully saturated rings. The second-order valence-corrected chi connectivity index (χ2v) is 13.5. The van der Waals surface area contributed by atoms with Crippen molar-refractivity contribution in [2.24, 2.45) is 0 Å². The molecule has 0 bridgehead atoms. The highest BCUT2D eigenvalue weighted by atomic mass is 32.2. The van der Waals surface area contributed by atoms with Crippen LogP contribution in [0.5, 0.6) is 5.75 Å². The van der Waals surface area contributed by atoms with Gasteiger partial charge >= 0.3 is 5.97 Å². The molecule has 2 aromatic carbocycles. The lowest BCUT2D eigenvalue weighted by Gasteiger charge is -2.31. The van der Waals surface area contributed by atoms with E-state index >= 15 is 0 Å². The molecule has 254 valence electrons. The van der Waals surface area contributed by atoms with Gasteiger partial charge in [0.15, 0.2) is 0 Å². The van der Waals surface area contributed by atoms with Crippen LogP contribution in [0.4, 0.5) is 5.82 Å². The van der Waals surface area contributed by atoms with Gasteiger partial charge in [-0.3, -0.25) is 14.4 Å². The summed E-state index contributed by atoms with van der Waals surface area (Å²) in [5.74, 6) is -0.609. The number of likely N-dealkylation sites (tertiary alicyclic amines) is 1. The number of piperidine rings is 1. The fourth-order valence-electron chi connectivity index (χ4n) is 6.05. The number of pyridine rings is 1. The van der Waals surface area contributed by atoms with Gasteiger partial charge in [0.1, 0.15) is 23.7 Å². The molecule has 2 atom stereocenters. The number of carbonyl (C=O) groups is 3. The van der Waals surface area contributed by atoms with E-state index in [1.165, 1.54) is 7.11 Å². The Hall–Kier alpha value is -4.23. The maximum Gasteiger partial charge on any atom is 0.305 e. The third kappa shape index (κ3) is 8.58. The number of hydrogen-bond acceptors (Lipinski definition) is 9. The summed E-state index contributed by atoms with van der Waals surface area (Å²) in [6.45, 7) is 8.03. The van der Waals surface area contributed by atoms with E-state index in [4.69, 9.17) is 15.2 Å². The molecule has 1 aromatic heterocycles. The van der Waals surface area contributed by atoms with E-state index < -0.39 is 34.0 Å². The van der Waals surface area contributed by atoms with Gasteiger partial charge in [0.25, 0.3) is 0 Å². The third-order valence-corrected chi connectivity index (χ3v) is 10.4. The van der Waals surface area contributed by atoms with Crippen LogP contribution in [-0.4, -0.2) is 75.0 Å². The molecule has 1 saturated heterocycles. The number of ether oxygens (including phenoxy) is 2. The number of nitrogens with two attached hydrogens (primary N) is 1. The Morgan fingerprint density at radius 2 is 1.74 bits per heavy atom. The summed E-state index contributed by atoms with van der Waals surface area (Å²) < 4.78 is 40.8. The lowest BCUT2D eigenvalue weighted by Crippen LogP contribution is -2.55. The molecule has 4 N–H and O–H groups in total. The monoisotopic (exact) mass is 667 g/mol. The van der Waals surface area contributed by atoms with Gasteiger partial charge in [-0.05, 0) is 93.2 Å². The topological polar surface area (TPSA) is 170 Å². The maximum atomic E-state index is 14.0. The highest BCUT2D eigenvalue weighted by Gasteiger charge is 2.33. The largest absolute Gasteiger partial charge is 0.496 e. The average molecular weight is 668 g/mol. The molecule has 3 aromatic rings. The number of carbonyl (C=O) groups excluding carboxylic acids is 3. The van der Waals surface area contributed by atoms with Crippen LogP contribution in [0.1, 0.15) is 61.3 Å². The number of fused-ring (bicyclic) bond motifs is 1. The van der Waals surface area contributed by atoms with Crippen molar-refractivity contribution < 1.29 is 32.3 Å². The van der Waals surface area contributed by atoms with Gasteiger partial charge in [-0.15, -0.1) is 0 Å². The van der Waals surface area contributed by atoms with E-state index in [1.807, 2.05) is 24.3 Å². The number of hydrogen-bond donors (Lipinski definition) is 3. The minimum absolute atomic E-state index is 0.0237. The first-order valence-corrected chi connectivity index (χ1v) is 17.4. The van der Waals surface area contributed by atoms with Crippen molar-refractivity contribution in [2.75, 3.05) is 32.5 Å². The van der Waals surface area contributed by atoms with Crippen molar-refractivity contribution in [3.8, 4) is 5.75 Å². The number of amides is 2. The third-order valence-electron chi connectivity index (χ3n) is 8.61. The first-order chi connectivity index (χ1) is 22.4. The fourth-order valence-corrected chi connectivity index (χ4v) is 7.81. The summed E-state index contributed by atoms with van der Waals surface area (Å²) in [4.78, 5) is 46.1. The Morgan fingerprint density at radius 3 is 2.43 bits per heavy atom. The number of sulfonamides is 1. The number of benzene rings is 2. The summed E-state index contributed by atoms with van der Waals surface area (Å²) in [5, 5.41) is 4.45. The standard InChI is InChI=1S/C34H45N5O7S/c1-6-46-30(40)13-12-27(38-47(43,44)31-21(2)18-29(45-5)22(3)23(31)4)33(41)37-28(34(42)39-16-8-7-9-17-39)20-24-10-11-26-25(19-24)14-15-36-32(26)35/h10-11,14-15,18-19,27-28,38H,6-9,12-13,16-17,20H2,1-5H3,(H2,35,36)(H,37,41)/t27-,28?/m0/s1. The Labute approximate surface area is 276 Å². The SMILES string of the molecule is CCOC(=O)CC[C@H](NS(=O)(=O)c1c(C)cc(OC)c(C)c1C)C(=O)NC(Cc1ccc2c(N)nccc2c1)C(=O)N1CCCCC1. The van der Waals surface area contributed by atoms with E-state index in [0.717, 1.165) is 35.6 Å². The molecule has 1 unspecified atom stereocenters. The molecule has 1 aliphatic rings. The molecule has 2 heterocycles. The van der Waals surface area contributed by atoms with Gasteiger partial charge in [0.05, 0.1) is 18.6 Å². The van der Waals surface area contributed by atoms with E-state index in [2.05, 4.69) is 15.0 Å². The number of aromatic nitrogens is 1. The zero-order valence-corrected chi connectivity index (χ0v) is 28.5. The van der Waals surface area contributed by atoms with Crippen LogP contribution in [0.3, 0.4) is 0 Å². The van der Waals surface area contributed by atoms with Crippen molar-refractivity contribution in [3.05, 3.63) is 58.8 Å². The van der Waals surface area contributed by atoms with Crippen LogP contribution in [0.25, 0.3) is 10.8 Å². The molecule has 47 heavy (non-hydrogen) atoms. The zero-order chi connectivity index (χ0) is 34.3. The minimum Gasteiger partial charge on any atom is -0.496 e. The van der Waals surface area contributed by atoms with Crippen LogP contribution < -0.4 is 20.5 Å². The Bertz CT molecular complexity index is 1740. The lowest BCUT2D eigenvalue weighted by atomic mass is 10.00. The van der Waals surface area contributed by atoms with Crippen molar-refractivity contribution in [2.45, 2.75) is 83.2 Å². The number of nitrogens with zero attached hydrogens (tertiary/aromatic N) is 2. The Balaban J connectivity index is 1.66. The number of rotatable bonds is 13. The second kappa shape index (κ2) is 15.6. The summed E-state index contributed by atoms with van der Waals surface area (Å²) in [6.07, 6.45) is 4.11. The van der Waals surface area contributed by atoms with Crippen LogP contribution in [0, 0.1) is 20.8 Å². The number of esters is 1. The average Bonchev–Trinajstić information content (AvgIpc) is 3.04. The molecular weight excluding hydrogens is 622 g/mol. The normalized spacial score (nSPS) is 14.8. The van der Waals surface area contributed by atoms with E-state index in [0.29, 0.717) is 41.3 Å². The fraction of sp³-hybridized carbons (Fsp3) is 0.471. The molecular formula is C34H45N5O7S. The van der Waals surface area contributed by atoms with Crippen molar-refractivity contribution in [1.29, 1.82) is 0 Å². The summed E-state index contributed by atoms with van der Waals surface area (Å²) in [5.41, 5.74) is 8.37. The highest BCUT2D eigenvalue weighted by Crippen LogP contribution is 2.31. The molecule has 4 rings (SSSR count). The summed E-state index contributed by atoms with van der Waals surface area (Å²) in [6, 6.07) is 6.65. The number of nitrogen functional groups attached to an aromatic ring is 1. The first-order valence-electron chi connectivity index (χ1n) is 15.9. The van der Waals surface area contributed by atoms with Gasteiger partial charge in [-0.1, -0.05) is 18.2 Å². The van der Waals surface area contributed by atoms with E-state index in [-0.39, 0.29) is 36.7 Å². The first kappa shape index (κ1) is 35.6. The molecule has 0 saturated carbocycles. The number of anilines is 1. The molecule has 1 aliphatic heterocycles. The minimum atomic E-state index is -4.27. The van der Waals surface area contributed by atoms with Gasteiger partial charge in [-0.2, -0.15) is 4.72 Å². The molecule has 0 aliphatic carbocycles. The van der Waals surface area contributed by atoms with E-state index in [1.54, 1.807) is 44.9 Å². The van der Waals surface area contributed by atoms with Gasteiger partial charge < -0.3 is 25.4 Å². The quantitative estimate of drug-likeness (QED) is 0.231. The van der Waals surface area contributed by atoms with Crippen LogP contribution in [-0.2, 0) is 35.6 Å². The Kier molecular flexibility index (Phi) is 11.8. The highest BCUT2D eigenvalue weighted by molar-refractivity contribution is 7.89. The Morgan fingerprint density at radius 1 is 1.02 bits per heavy atom. The number of nitrogens with one attached hydrogen (secondary N) is 2. The summed E-state index contributed by atoms with van der Waals surface area (Å²) >= 11 is 0. The predicted octanol–water partition coefficient (Wildman–Crippen LogP) is 3.48. The maximum absolute atomic E-state index is 14.0. The zero-order valence-electron chi connectivity index (χ0n) is 27.7. The van der Waals surface area contributed by atoms with Crippen LogP contribution in [0.2, 0.25) is 0 Å². The van der Waals surface area contributed by atoms with Crippen molar-refractivity contribution >= 4 is 44.4 Å². The second-order valence-electron chi connectivity index (χ2n) is 11.9. The van der Waals surface area contributed by atoms with Crippen molar-refractivity contribution in [1.82, 2.24) is 19.9 Å². The molecule has 12 nitrogen and oxygen atoms in total.